The topological polar surface area (TPSA) is 103 Å². The van der Waals surface area contributed by atoms with Gasteiger partial charge in [-0.1, -0.05) is 80.6 Å². The number of nitrogens with zero attached hydrogens (tertiary/aromatic N) is 2. The molecule has 0 radical (unpaired) electrons. The molecule has 202 valence electrons. The predicted octanol–water partition coefficient (Wildman–Crippen LogP) is 7.80. The number of ketones is 1. The number of carboxylic acids is 1. The minimum absolute atomic E-state index is 0.00958. The van der Waals surface area contributed by atoms with Crippen LogP contribution < -0.4 is 0 Å². The van der Waals surface area contributed by atoms with Crippen molar-refractivity contribution in [3.05, 3.63) is 89.5 Å². The van der Waals surface area contributed by atoms with Gasteiger partial charge in [0.1, 0.15) is 0 Å². The Balaban J connectivity index is 0.000000924. The first-order chi connectivity index (χ1) is 18.2. The van der Waals surface area contributed by atoms with E-state index in [2.05, 4.69) is 16.7 Å². The largest absolute Gasteiger partial charge is 0.481 e. The van der Waals surface area contributed by atoms with Crippen molar-refractivity contribution in [1.29, 1.82) is 0 Å². The predicted molar refractivity (Wildman–Crippen MR) is 153 cm³/mol. The molecule has 0 saturated carbocycles. The van der Waals surface area contributed by atoms with Crippen molar-refractivity contribution in [3.63, 3.8) is 0 Å². The number of aliphatic carboxylic acids is 1. The molecule has 0 atom stereocenters. The smallest absolute Gasteiger partial charge is 0.303 e. The zero-order valence-electron chi connectivity index (χ0n) is 23.4. The number of hydrogen-bond acceptors (Lipinski definition) is 6. The Kier molecular flexibility index (Phi) is 14.0. The number of methoxy groups -OCH3 is 1. The van der Waals surface area contributed by atoms with Crippen LogP contribution in [-0.2, 0) is 16.1 Å². The van der Waals surface area contributed by atoms with Gasteiger partial charge in [0.25, 0.3) is 5.89 Å². The SMILES string of the molecule is C=C(C)/C(=C\C=C/C)c1ccc(-c2nc(-c3cccc(C(C)=O)c3)no2)cc1COC.CC.CCC(=O)O. The average Bonchev–Trinajstić information content (AvgIpc) is 3.41. The average molecular weight is 519 g/mol. The van der Waals surface area contributed by atoms with Crippen molar-refractivity contribution in [2.75, 3.05) is 7.11 Å². The van der Waals surface area contributed by atoms with Crippen LogP contribution in [0.25, 0.3) is 28.4 Å². The van der Waals surface area contributed by atoms with E-state index in [4.69, 9.17) is 14.4 Å². The molecule has 1 aromatic heterocycles. The number of rotatable bonds is 9. The maximum absolute atomic E-state index is 11.7. The van der Waals surface area contributed by atoms with Gasteiger partial charge >= 0.3 is 5.97 Å². The lowest BCUT2D eigenvalue weighted by atomic mass is 9.93. The molecule has 0 unspecified atom stereocenters. The number of benzene rings is 2. The molecule has 2 aromatic carbocycles. The van der Waals surface area contributed by atoms with E-state index in [1.54, 1.807) is 26.2 Å². The molecule has 1 heterocycles. The van der Waals surface area contributed by atoms with Crippen LogP contribution in [0, 0.1) is 0 Å². The summed E-state index contributed by atoms with van der Waals surface area (Å²) >= 11 is 0. The van der Waals surface area contributed by atoms with Crippen LogP contribution in [0.1, 0.15) is 69.4 Å². The van der Waals surface area contributed by atoms with Crippen molar-refractivity contribution in [2.45, 2.75) is 54.6 Å². The molecule has 0 saturated heterocycles. The Morgan fingerprint density at radius 1 is 1.11 bits per heavy atom. The molecule has 3 aromatic rings. The van der Waals surface area contributed by atoms with Gasteiger partial charge in [-0.15, -0.1) is 0 Å². The summed E-state index contributed by atoms with van der Waals surface area (Å²) in [6.45, 7) is 15.6. The number of aromatic nitrogens is 2. The third-order valence-electron chi connectivity index (χ3n) is 5.11. The zero-order chi connectivity index (χ0) is 28.7. The summed E-state index contributed by atoms with van der Waals surface area (Å²) in [5, 5.41) is 11.8. The second-order valence-electron chi connectivity index (χ2n) is 8.00. The van der Waals surface area contributed by atoms with Gasteiger partial charge in [0, 0.05) is 30.2 Å². The molecular weight excluding hydrogens is 480 g/mol. The molecule has 1 N–H and O–H groups in total. The van der Waals surface area contributed by atoms with E-state index in [1.165, 1.54) is 6.92 Å². The molecule has 0 bridgehead atoms. The first kappa shape index (κ1) is 31.9. The van der Waals surface area contributed by atoms with Gasteiger partial charge in [0.2, 0.25) is 5.82 Å². The zero-order valence-corrected chi connectivity index (χ0v) is 23.4. The van der Waals surface area contributed by atoms with E-state index >= 15 is 0 Å². The number of carboxylic acid groups (broad SMARTS) is 1. The molecule has 3 rings (SSSR count). The molecular formula is C31H38N2O5. The standard InChI is InChI=1S/C26H26N2O3.C3H6O2.C2H6/c1-6-7-11-23(17(2)3)24-13-12-21(15-22(24)16-30-5)26-27-25(28-31-26)20-10-8-9-19(14-20)18(4)29;1-2-3(4)5;1-2/h6-15H,2,16H2,1,3-5H3;2H2,1H3,(H,4,5);1-2H3/b7-6-,23-11+;;. The molecule has 7 nitrogen and oxygen atoms in total. The highest BCUT2D eigenvalue weighted by molar-refractivity contribution is 5.95. The lowest BCUT2D eigenvalue weighted by molar-refractivity contribution is -0.136. The van der Waals surface area contributed by atoms with Crippen molar-refractivity contribution in [2.24, 2.45) is 0 Å². The molecule has 0 amide bonds. The van der Waals surface area contributed by atoms with Crippen LogP contribution in [0.15, 0.2) is 77.4 Å². The van der Waals surface area contributed by atoms with Crippen LogP contribution in [0.3, 0.4) is 0 Å². The number of carbonyl (C=O) groups is 2. The summed E-state index contributed by atoms with van der Waals surface area (Å²) in [5.74, 6) is 0.0853. The minimum Gasteiger partial charge on any atom is -0.481 e. The van der Waals surface area contributed by atoms with Crippen LogP contribution in [0.2, 0.25) is 0 Å². The Hall–Kier alpha value is -4.10. The van der Waals surface area contributed by atoms with Gasteiger partial charge < -0.3 is 14.4 Å². The number of allylic oxidation sites excluding steroid dienone is 5. The Labute approximate surface area is 225 Å². The summed E-state index contributed by atoms with van der Waals surface area (Å²) < 4.78 is 11.0. The molecule has 0 aliphatic heterocycles. The van der Waals surface area contributed by atoms with Crippen LogP contribution in [-0.4, -0.2) is 34.1 Å². The third-order valence-corrected chi connectivity index (χ3v) is 5.11. The monoisotopic (exact) mass is 518 g/mol. The molecule has 0 aliphatic rings. The fraction of sp³-hybridized carbons (Fsp3) is 0.290. The number of carbonyl (C=O) groups excluding carboxylic acids is 1. The highest BCUT2D eigenvalue weighted by Gasteiger charge is 2.15. The normalized spacial score (nSPS) is 10.8. The molecule has 0 fully saturated rings. The van der Waals surface area contributed by atoms with Crippen molar-refractivity contribution in [1.82, 2.24) is 10.1 Å². The second kappa shape index (κ2) is 16.6. The highest BCUT2D eigenvalue weighted by Crippen LogP contribution is 2.30. The van der Waals surface area contributed by atoms with Crippen molar-refractivity contribution >= 4 is 17.3 Å². The lowest BCUT2D eigenvalue weighted by Gasteiger charge is -2.13. The number of ether oxygens (including phenoxy) is 1. The fourth-order valence-electron chi connectivity index (χ4n) is 3.25. The molecule has 38 heavy (non-hydrogen) atoms. The second-order valence-corrected chi connectivity index (χ2v) is 8.00. The summed E-state index contributed by atoms with van der Waals surface area (Å²) in [7, 11) is 1.67. The molecule has 7 heteroatoms. The van der Waals surface area contributed by atoms with Crippen LogP contribution >= 0.6 is 0 Å². The Morgan fingerprint density at radius 3 is 2.34 bits per heavy atom. The van der Waals surface area contributed by atoms with Gasteiger partial charge in [-0.3, -0.25) is 9.59 Å². The number of hydrogen-bond donors (Lipinski definition) is 1. The summed E-state index contributed by atoms with van der Waals surface area (Å²) in [6.07, 6.45) is 6.24. The van der Waals surface area contributed by atoms with Gasteiger partial charge in [-0.25, -0.2) is 0 Å². The quantitative estimate of drug-likeness (QED) is 0.228. The lowest BCUT2D eigenvalue weighted by Crippen LogP contribution is -1.97. The van der Waals surface area contributed by atoms with Gasteiger partial charge in [0.05, 0.1) is 6.61 Å². The third kappa shape index (κ3) is 9.41. The van der Waals surface area contributed by atoms with E-state index in [0.717, 1.165) is 33.4 Å². The van der Waals surface area contributed by atoms with Crippen molar-refractivity contribution < 1.29 is 24.0 Å². The van der Waals surface area contributed by atoms with Gasteiger partial charge in [-0.05, 0) is 55.7 Å². The minimum atomic E-state index is -0.745. The first-order valence-corrected chi connectivity index (χ1v) is 12.5. The Morgan fingerprint density at radius 2 is 1.79 bits per heavy atom. The Bertz CT molecular complexity index is 1280. The van der Waals surface area contributed by atoms with E-state index in [-0.39, 0.29) is 12.2 Å². The van der Waals surface area contributed by atoms with Gasteiger partial charge in [0.15, 0.2) is 5.78 Å². The highest BCUT2D eigenvalue weighted by atomic mass is 16.5. The van der Waals surface area contributed by atoms with Crippen LogP contribution in [0.5, 0.6) is 0 Å². The maximum atomic E-state index is 11.7. The summed E-state index contributed by atoms with van der Waals surface area (Å²) in [4.78, 5) is 25.6. The van der Waals surface area contributed by atoms with Crippen molar-refractivity contribution in [3.8, 4) is 22.8 Å². The van der Waals surface area contributed by atoms with E-state index in [1.807, 2.05) is 76.3 Å². The van der Waals surface area contributed by atoms with Crippen LogP contribution in [0.4, 0.5) is 0 Å². The van der Waals surface area contributed by atoms with E-state index in [9.17, 15) is 9.59 Å². The van der Waals surface area contributed by atoms with Gasteiger partial charge in [-0.2, -0.15) is 4.98 Å². The summed E-state index contributed by atoms with van der Waals surface area (Å²) in [6, 6.07) is 13.2. The maximum Gasteiger partial charge on any atom is 0.303 e. The molecule has 0 aliphatic carbocycles. The first-order valence-electron chi connectivity index (χ1n) is 12.5. The number of Topliss-reactive ketones (excluding diaryl/α,β-unsaturated/α-hetero) is 1. The molecule has 0 spiro atoms. The van der Waals surface area contributed by atoms with E-state index < -0.39 is 5.97 Å². The summed E-state index contributed by atoms with van der Waals surface area (Å²) in [5.41, 5.74) is 6.19. The fourth-order valence-corrected chi connectivity index (χ4v) is 3.25. The van der Waals surface area contributed by atoms with E-state index in [0.29, 0.717) is 23.9 Å².